The van der Waals surface area contributed by atoms with E-state index in [1.165, 1.54) is 6.07 Å². The molecule has 0 aliphatic carbocycles. The molecule has 0 N–H and O–H groups in total. The van der Waals surface area contributed by atoms with Crippen molar-refractivity contribution in [3.63, 3.8) is 0 Å². The van der Waals surface area contributed by atoms with E-state index in [1.54, 1.807) is 30.5 Å². The van der Waals surface area contributed by atoms with Gasteiger partial charge >= 0.3 is 10.1 Å². The normalized spacial score (nSPS) is 11.7. The van der Waals surface area contributed by atoms with Crippen LogP contribution >= 0.6 is 63.7 Å². The Hall–Kier alpha value is -0.480. The molecule has 0 saturated heterocycles. The molecule has 2 aromatic carbocycles. The van der Waals surface area contributed by atoms with Crippen molar-refractivity contribution in [2.24, 2.45) is 0 Å². The van der Waals surface area contributed by atoms with E-state index >= 15 is 0 Å². The minimum atomic E-state index is -4.06. The maximum Gasteiger partial charge on any atom is 0.340 e. The number of hydrogen-bond donors (Lipinski definition) is 0. The standard InChI is InChI=1S/C15H7Br4NO3S/c16-8-3-4-10(17)13(6-8)24(21,22)23-15-12(19)7-11(18)9-2-1-5-20-14(9)15/h1-7H. The Bertz CT molecular complexity index is 1050. The number of nitrogens with zero attached hydrogens (tertiary/aromatic N) is 1. The predicted molar refractivity (Wildman–Crippen MR) is 107 cm³/mol. The predicted octanol–water partition coefficient (Wildman–Crippen LogP) is 6.05. The van der Waals surface area contributed by atoms with Gasteiger partial charge in [-0.15, -0.1) is 0 Å². The Kier molecular flexibility index (Phi) is 5.36. The number of fused-ring (bicyclic) bond motifs is 1. The van der Waals surface area contributed by atoms with Gasteiger partial charge < -0.3 is 4.18 Å². The van der Waals surface area contributed by atoms with Gasteiger partial charge in [-0.3, -0.25) is 4.98 Å². The summed E-state index contributed by atoms with van der Waals surface area (Å²) in [5.41, 5.74) is 0.438. The quantitative estimate of drug-likeness (QED) is 0.344. The SMILES string of the molecule is O=S(=O)(Oc1c(Br)cc(Br)c2cccnc12)c1cc(Br)ccc1Br. The number of benzene rings is 2. The van der Waals surface area contributed by atoms with E-state index in [0.29, 0.717) is 18.9 Å². The third kappa shape index (κ3) is 3.55. The van der Waals surface area contributed by atoms with Crippen molar-refractivity contribution in [3.05, 3.63) is 60.5 Å². The van der Waals surface area contributed by atoms with E-state index in [9.17, 15) is 8.42 Å². The molecule has 0 fully saturated rings. The second-order valence-electron chi connectivity index (χ2n) is 4.68. The van der Waals surface area contributed by atoms with Gasteiger partial charge in [0, 0.05) is 25.0 Å². The lowest BCUT2D eigenvalue weighted by molar-refractivity contribution is 0.486. The van der Waals surface area contributed by atoms with Gasteiger partial charge in [-0.05, 0) is 62.2 Å². The average molecular weight is 601 g/mol. The zero-order valence-electron chi connectivity index (χ0n) is 11.6. The van der Waals surface area contributed by atoms with E-state index in [-0.39, 0.29) is 10.6 Å². The number of hydrogen-bond acceptors (Lipinski definition) is 4. The Morgan fingerprint density at radius 1 is 0.917 bits per heavy atom. The third-order valence-corrected chi connectivity index (χ3v) is 7.06. The van der Waals surface area contributed by atoms with Crippen LogP contribution in [0.5, 0.6) is 5.75 Å². The molecule has 0 bridgehead atoms. The first-order chi connectivity index (χ1) is 11.3. The van der Waals surface area contributed by atoms with Crippen LogP contribution < -0.4 is 4.18 Å². The Morgan fingerprint density at radius 2 is 1.67 bits per heavy atom. The average Bonchev–Trinajstić information content (AvgIpc) is 2.53. The van der Waals surface area contributed by atoms with E-state index < -0.39 is 10.1 Å². The number of rotatable bonds is 3. The zero-order valence-corrected chi connectivity index (χ0v) is 18.8. The Morgan fingerprint density at radius 3 is 2.42 bits per heavy atom. The Labute approximate surface area is 172 Å². The van der Waals surface area contributed by atoms with Crippen molar-refractivity contribution < 1.29 is 12.6 Å². The second kappa shape index (κ2) is 7.03. The molecule has 0 aliphatic heterocycles. The van der Waals surface area contributed by atoms with Crippen molar-refractivity contribution in [1.82, 2.24) is 4.98 Å². The highest BCUT2D eigenvalue weighted by atomic mass is 79.9. The van der Waals surface area contributed by atoms with Gasteiger partial charge in [0.25, 0.3) is 0 Å². The molecular weight excluding hydrogens is 594 g/mol. The van der Waals surface area contributed by atoms with Gasteiger partial charge in [-0.1, -0.05) is 37.9 Å². The zero-order chi connectivity index (χ0) is 17.5. The van der Waals surface area contributed by atoms with Crippen LogP contribution in [0, 0.1) is 0 Å². The summed E-state index contributed by atoms with van der Waals surface area (Å²) in [6.07, 6.45) is 1.58. The van der Waals surface area contributed by atoms with Crippen LogP contribution in [0.4, 0.5) is 0 Å². The first-order valence-electron chi connectivity index (χ1n) is 6.42. The van der Waals surface area contributed by atoms with E-state index in [1.807, 2.05) is 6.07 Å². The van der Waals surface area contributed by atoms with Crippen molar-refractivity contribution in [2.45, 2.75) is 4.90 Å². The third-order valence-electron chi connectivity index (χ3n) is 3.11. The topological polar surface area (TPSA) is 56.3 Å². The summed E-state index contributed by atoms with van der Waals surface area (Å²) in [5, 5.41) is 0.749. The summed E-state index contributed by atoms with van der Waals surface area (Å²) in [4.78, 5) is 4.27. The number of halogens is 4. The highest BCUT2D eigenvalue weighted by Gasteiger charge is 2.24. The second-order valence-corrected chi connectivity index (χ2v) is 9.67. The van der Waals surface area contributed by atoms with Crippen LogP contribution in [0.25, 0.3) is 10.9 Å². The summed E-state index contributed by atoms with van der Waals surface area (Å²) < 4.78 is 33.2. The lowest BCUT2D eigenvalue weighted by Gasteiger charge is -2.13. The monoisotopic (exact) mass is 597 g/mol. The maximum absolute atomic E-state index is 12.7. The molecule has 0 unspecified atom stereocenters. The van der Waals surface area contributed by atoms with Gasteiger partial charge in [0.2, 0.25) is 0 Å². The summed E-state index contributed by atoms with van der Waals surface area (Å²) in [6, 6.07) is 10.2. The fraction of sp³-hybridized carbons (Fsp3) is 0. The number of pyridine rings is 1. The fourth-order valence-corrected chi connectivity index (χ4v) is 5.92. The molecule has 1 heterocycles. The molecule has 24 heavy (non-hydrogen) atoms. The van der Waals surface area contributed by atoms with Crippen LogP contribution in [-0.4, -0.2) is 13.4 Å². The summed E-state index contributed by atoms with van der Waals surface area (Å²) in [6.45, 7) is 0. The highest BCUT2D eigenvalue weighted by Crippen LogP contribution is 2.39. The maximum atomic E-state index is 12.7. The molecule has 0 radical (unpaired) electrons. The van der Waals surface area contributed by atoms with Gasteiger partial charge in [0.15, 0.2) is 5.75 Å². The minimum Gasteiger partial charge on any atom is -0.375 e. The van der Waals surface area contributed by atoms with Gasteiger partial charge in [0.05, 0.1) is 4.47 Å². The van der Waals surface area contributed by atoms with E-state index in [0.717, 1.165) is 9.86 Å². The molecule has 0 aliphatic rings. The van der Waals surface area contributed by atoms with Crippen molar-refractivity contribution in [1.29, 1.82) is 0 Å². The molecule has 124 valence electrons. The fourth-order valence-electron chi connectivity index (χ4n) is 2.05. The van der Waals surface area contributed by atoms with Crippen LogP contribution in [-0.2, 0) is 10.1 Å². The smallest absolute Gasteiger partial charge is 0.340 e. The lowest BCUT2D eigenvalue weighted by Crippen LogP contribution is -2.11. The molecule has 0 spiro atoms. The molecule has 0 atom stereocenters. The molecular formula is C15H7Br4NO3S. The Balaban J connectivity index is 2.18. The first kappa shape index (κ1) is 18.3. The van der Waals surface area contributed by atoms with Gasteiger partial charge in [-0.25, -0.2) is 0 Å². The van der Waals surface area contributed by atoms with E-state index in [2.05, 4.69) is 68.7 Å². The van der Waals surface area contributed by atoms with Gasteiger partial charge in [-0.2, -0.15) is 8.42 Å². The molecule has 1 aromatic heterocycles. The van der Waals surface area contributed by atoms with Crippen molar-refractivity contribution in [2.75, 3.05) is 0 Å². The molecule has 9 heteroatoms. The molecule has 3 rings (SSSR count). The summed E-state index contributed by atoms with van der Waals surface area (Å²) in [7, 11) is -4.06. The van der Waals surface area contributed by atoms with Crippen LogP contribution in [0.2, 0.25) is 0 Å². The van der Waals surface area contributed by atoms with Crippen LogP contribution in [0.15, 0.2) is 65.4 Å². The summed E-state index contributed by atoms with van der Waals surface area (Å²) >= 11 is 13.3. The molecule has 4 nitrogen and oxygen atoms in total. The largest absolute Gasteiger partial charge is 0.375 e. The van der Waals surface area contributed by atoms with Crippen LogP contribution in [0.3, 0.4) is 0 Å². The number of aromatic nitrogens is 1. The van der Waals surface area contributed by atoms with E-state index in [4.69, 9.17) is 4.18 Å². The summed E-state index contributed by atoms with van der Waals surface area (Å²) in [5.74, 6) is 0.140. The van der Waals surface area contributed by atoms with Crippen LogP contribution in [0.1, 0.15) is 0 Å². The highest BCUT2D eigenvalue weighted by molar-refractivity contribution is 9.11. The molecule has 3 aromatic rings. The molecule has 0 saturated carbocycles. The van der Waals surface area contributed by atoms with Gasteiger partial charge in [0.1, 0.15) is 10.4 Å². The van der Waals surface area contributed by atoms with Crippen molar-refractivity contribution >= 4 is 84.7 Å². The lowest BCUT2D eigenvalue weighted by atomic mass is 10.2. The first-order valence-corrected chi connectivity index (χ1v) is 11.0. The minimum absolute atomic E-state index is 0.0239. The van der Waals surface area contributed by atoms with Crippen molar-refractivity contribution in [3.8, 4) is 5.75 Å². The molecule has 0 amide bonds.